The van der Waals surface area contributed by atoms with Crippen LogP contribution >= 0.6 is 0 Å². The maximum Gasteiger partial charge on any atom is 0.374 e. The van der Waals surface area contributed by atoms with Crippen molar-refractivity contribution in [2.75, 3.05) is 27.2 Å². The van der Waals surface area contributed by atoms with E-state index in [9.17, 15) is 4.79 Å². The number of ether oxygens (including phenoxy) is 3. The zero-order chi connectivity index (χ0) is 16.4. The largest absolute Gasteiger partial charge is 0.460 e. The van der Waals surface area contributed by atoms with Gasteiger partial charge >= 0.3 is 5.97 Å². The molecule has 6 nitrogen and oxygen atoms in total. The molecule has 0 aliphatic carbocycles. The summed E-state index contributed by atoms with van der Waals surface area (Å²) in [6.07, 6.45) is 3.69. The predicted molar refractivity (Wildman–Crippen MR) is 84.8 cm³/mol. The van der Waals surface area contributed by atoms with Gasteiger partial charge in [0.2, 0.25) is 5.76 Å². The third-order valence-electron chi connectivity index (χ3n) is 3.62. The van der Waals surface area contributed by atoms with Crippen LogP contribution in [0.3, 0.4) is 0 Å². The van der Waals surface area contributed by atoms with Gasteiger partial charge in [0.15, 0.2) is 11.5 Å². The van der Waals surface area contributed by atoms with Gasteiger partial charge in [0, 0.05) is 23.6 Å². The Labute approximate surface area is 134 Å². The number of nitrogens with zero attached hydrogens (tertiary/aromatic N) is 1. The van der Waals surface area contributed by atoms with Gasteiger partial charge in [0.05, 0.1) is 6.61 Å². The number of esters is 1. The maximum atomic E-state index is 12.2. The molecule has 3 rings (SSSR count). The molecule has 0 amide bonds. The van der Waals surface area contributed by atoms with Crippen LogP contribution in [0.15, 0.2) is 29.1 Å². The van der Waals surface area contributed by atoms with Crippen LogP contribution in [0.25, 0.3) is 11.0 Å². The summed E-state index contributed by atoms with van der Waals surface area (Å²) in [5.41, 5.74) is 1.30. The summed E-state index contributed by atoms with van der Waals surface area (Å²) >= 11 is 0. The van der Waals surface area contributed by atoms with Gasteiger partial charge in [0.25, 0.3) is 0 Å². The minimum absolute atomic E-state index is 0.222. The summed E-state index contributed by atoms with van der Waals surface area (Å²) in [7, 11) is 3.96. The number of benzene rings is 1. The second kappa shape index (κ2) is 6.34. The average Bonchev–Trinajstić information content (AvgIpc) is 2.85. The van der Waals surface area contributed by atoms with Gasteiger partial charge in [-0.05, 0) is 33.5 Å². The predicted octanol–water partition coefficient (Wildman–Crippen LogP) is 3.09. The minimum atomic E-state index is -0.449. The van der Waals surface area contributed by atoms with E-state index in [1.54, 1.807) is 12.1 Å². The van der Waals surface area contributed by atoms with Crippen molar-refractivity contribution in [3.63, 3.8) is 0 Å². The Bertz CT molecular complexity index is 760. The van der Waals surface area contributed by atoms with Crippen LogP contribution in [-0.2, 0) is 4.74 Å². The first-order chi connectivity index (χ1) is 11.1. The number of aryl methyl sites for hydroxylation is 1. The zero-order valence-corrected chi connectivity index (χ0v) is 13.4. The molecule has 0 unspecified atom stereocenters. The van der Waals surface area contributed by atoms with E-state index in [0.717, 1.165) is 23.9 Å². The summed E-state index contributed by atoms with van der Waals surface area (Å²) in [4.78, 5) is 14.2. The van der Waals surface area contributed by atoms with E-state index >= 15 is 0 Å². The third kappa shape index (κ3) is 3.17. The lowest BCUT2D eigenvalue weighted by atomic mass is 10.1. The van der Waals surface area contributed by atoms with Gasteiger partial charge in [-0.1, -0.05) is 0 Å². The van der Waals surface area contributed by atoms with Gasteiger partial charge < -0.3 is 23.5 Å². The Balaban J connectivity index is 1.79. The van der Waals surface area contributed by atoms with Crippen LogP contribution in [0.4, 0.5) is 0 Å². The molecular weight excluding hydrogens is 298 g/mol. The Morgan fingerprint density at radius 2 is 1.87 bits per heavy atom. The molecule has 23 heavy (non-hydrogen) atoms. The zero-order valence-electron chi connectivity index (χ0n) is 13.4. The summed E-state index contributed by atoms with van der Waals surface area (Å²) < 4.78 is 21.7. The van der Waals surface area contributed by atoms with Crippen molar-refractivity contribution >= 4 is 16.9 Å². The standard InChI is InChI=1S/C17H19NO5/c1-11-12-9-14-15(21-8-7-20-14)10-13(12)23-16(11)17(19)22-6-4-5-18(2)3/h7-10H,4-6H2,1-3H3. The highest BCUT2D eigenvalue weighted by Gasteiger charge is 2.21. The smallest absolute Gasteiger partial charge is 0.374 e. The number of rotatable bonds is 5. The molecule has 1 aromatic carbocycles. The molecule has 1 aliphatic heterocycles. The van der Waals surface area contributed by atoms with Gasteiger partial charge in [0.1, 0.15) is 18.1 Å². The minimum Gasteiger partial charge on any atom is -0.460 e. The van der Waals surface area contributed by atoms with Crippen molar-refractivity contribution in [2.24, 2.45) is 0 Å². The molecule has 2 aromatic rings. The van der Waals surface area contributed by atoms with Crippen molar-refractivity contribution in [3.8, 4) is 11.5 Å². The number of carbonyl (C=O) groups is 1. The van der Waals surface area contributed by atoms with E-state index in [2.05, 4.69) is 0 Å². The molecular formula is C17H19NO5. The molecule has 0 radical (unpaired) electrons. The molecule has 0 saturated heterocycles. The second-order valence-corrected chi connectivity index (χ2v) is 5.65. The van der Waals surface area contributed by atoms with Crippen molar-refractivity contribution < 1.29 is 23.4 Å². The number of furan rings is 1. The van der Waals surface area contributed by atoms with Crippen LogP contribution in [-0.4, -0.2) is 38.1 Å². The SMILES string of the molecule is Cc1c(C(=O)OCCCN(C)C)oc2cc3c(cc12)OC=CO3. The van der Waals surface area contributed by atoms with Crippen LogP contribution in [0.1, 0.15) is 22.5 Å². The van der Waals surface area contributed by atoms with Crippen LogP contribution < -0.4 is 9.47 Å². The lowest BCUT2D eigenvalue weighted by Gasteiger charge is -2.11. The fourth-order valence-corrected chi connectivity index (χ4v) is 2.42. The summed E-state index contributed by atoms with van der Waals surface area (Å²) in [5.74, 6) is 0.921. The number of carbonyl (C=O) groups excluding carboxylic acids is 1. The van der Waals surface area contributed by atoms with E-state index < -0.39 is 5.97 Å². The van der Waals surface area contributed by atoms with Crippen LogP contribution in [0.5, 0.6) is 11.5 Å². The van der Waals surface area contributed by atoms with Gasteiger partial charge in [-0.25, -0.2) is 4.79 Å². The molecule has 122 valence electrons. The number of hydrogen-bond donors (Lipinski definition) is 0. The Hall–Kier alpha value is -2.47. The highest BCUT2D eigenvalue weighted by atomic mass is 16.6. The molecule has 0 bridgehead atoms. The molecule has 1 aromatic heterocycles. The van der Waals surface area contributed by atoms with E-state index in [0.29, 0.717) is 23.7 Å². The van der Waals surface area contributed by atoms with Crippen molar-refractivity contribution in [1.82, 2.24) is 4.90 Å². The highest BCUT2D eigenvalue weighted by Crippen LogP contribution is 2.38. The van der Waals surface area contributed by atoms with E-state index in [4.69, 9.17) is 18.6 Å². The fraction of sp³-hybridized carbons (Fsp3) is 0.353. The number of fused-ring (bicyclic) bond motifs is 2. The molecule has 0 spiro atoms. The van der Waals surface area contributed by atoms with Gasteiger partial charge in [-0.15, -0.1) is 0 Å². The first-order valence-corrected chi connectivity index (χ1v) is 7.43. The molecule has 0 saturated carbocycles. The first kappa shape index (κ1) is 15.4. The van der Waals surface area contributed by atoms with E-state index in [1.165, 1.54) is 12.5 Å². The Kier molecular flexibility index (Phi) is 4.25. The normalized spacial score (nSPS) is 12.9. The van der Waals surface area contributed by atoms with E-state index in [1.807, 2.05) is 25.9 Å². The molecule has 0 fully saturated rings. The second-order valence-electron chi connectivity index (χ2n) is 5.65. The molecule has 0 atom stereocenters. The molecule has 6 heteroatoms. The fourth-order valence-electron chi connectivity index (χ4n) is 2.42. The highest BCUT2D eigenvalue weighted by molar-refractivity contribution is 5.97. The van der Waals surface area contributed by atoms with Crippen molar-refractivity contribution in [2.45, 2.75) is 13.3 Å². The first-order valence-electron chi connectivity index (χ1n) is 7.43. The van der Waals surface area contributed by atoms with Gasteiger partial charge in [-0.3, -0.25) is 0 Å². The average molecular weight is 317 g/mol. The maximum absolute atomic E-state index is 12.2. The van der Waals surface area contributed by atoms with Crippen molar-refractivity contribution in [1.29, 1.82) is 0 Å². The van der Waals surface area contributed by atoms with Gasteiger partial charge in [-0.2, -0.15) is 0 Å². The molecule has 1 aliphatic rings. The monoisotopic (exact) mass is 317 g/mol. The quantitative estimate of drug-likeness (QED) is 0.624. The van der Waals surface area contributed by atoms with E-state index in [-0.39, 0.29) is 5.76 Å². The topological polar surface area (TPSA) is 61.1 Å². The van der Waals surface area contributed by atoms with Crippen LogP contribution in [0, 0.1) is 6.92 Å². The lowest BCUT2D eigenvalue weighted by Crippen LogP contribution is -2.16. The Morgan fingerprint density at radius 1 is 1.17 bits per heavy atom. The summed E-state index contributed by atoms with van der Waals surface area (Å²) in [5, 5.41) is 0.808. The summed E-state index contributed by atoms with van der Waals surface area (Å²) in [6.45, 7) is 3.05. The Morgan fingerprint density at radius 3 is 2.57 bits per heavy atom. The van der Waals surface area contributed by atoms with Crippen molar-refractivity contribution in [3.05, 3.63) is 36.0 Å². The number of hydrogen-bond acceptors (Lipinski definition) is 6. The lowest BCUT2D eigenvalue weighted by molar-refractivity contribution is 0.0458. The van der Waals surface area contributed by atoms with Crippen LogP contribution in [0.2, 0.25) is 0 Å². The third-order valence-corrected chi connectivity index (χ3v) is 3.62. The molecule has 2 heterocycles. The molecule has 0 N–H and O–H groups in total. The summed E-state index contributed by atoms with van der Waals surface area (Å²) in [6, 6.07) is 3.51.